The Labute approximate surface area is 166 Å². The molecule has 0 fully saturated rings. The maximum absolute atomic E-state index is 11.7. The van der Waals surface area contributed by atoms with Gasteiger partial charge in [-0.25, -0.2) is 4.79 Å². The molecular formula is C18H19BrCl2N2O2. The number of rotatable bonds is 8. The average Bonchev–Trinajstić information content (AvgIpc) is 2.58. The predicted octanol–water partition coefficient (Wildman–Crippen LogP) is 5.07. The fraction of sp³-hybridized carbons (Fsp3) is 0.278. The van der Waals surface area contributed by atoms with Crippen molar-refractivity contribution in [1.82, 2.24) is 10.6 Å². The first kappa shape index (κ1) is 19.9. The molecule has 0 atom stereocenters. The van der Waals surface area contributed by atoms with Gasteiger partial charge in [0.1, 0.15) is 5.75 Å². The Kier molecular flexibility index (Phi) is 8.38. The van der Waals surface area contributed by atoms with Gasteiger partial charge in [-0.15, -0.1) is 0 Å². The van der Waals surface area contributed by atoms with E-state index in [1.807, 2.05) is 36.4 Å². The molecule has 2 aromatic carbocycles. The van der Waals surface area contributed by atoms with Crippen LogP contribution in [0.4, 0.5) is 4.79 Å². The Hall–Kier alpha value is -1.43. The highest BCUT2D eigenvalue weighted by atomic mass is 79.9. The van der Waals surface area contributed by atoms with Crippen LogP contribution < -0.4 is 15.4 Å². The summed E-state index contributed by atoms with van der Waals surface area (Å²) in [6.45, 7) is 1.58. The number of carbonyl (C=O) groups is 1. The molecule has 2 aromatic rings. The molecule has 2 amide bonds. The Bertz CT molecular complexity index is 696. The minimum atomic E-state index is -0.185. The van der Waals surface area contributed by atoms with Crippen LogP contribution in [-0.4, -0.2) is 25.7 Å². The highest BCUT2D eigenvalue weighted by Gasteiger charge is 2.03. The van der Waals surface area contributed by atoms with Gasteiger partial charge in [0.05, 0.1) is 11.6 Å². The molecule has 134 valence electrons. The molecule has 0 spiro atoms. The summed E-state index contributed by atoms with van der Waals surface area (Å²) in [5.74, 6) is 0.636. The van der Waals surface area contributed by atoms with Gasteiger partial charge in [0.25, 0.3) is 0 Å². The van der Waals surface area contributed by atoms with Crippen molar-refractivity contribution in [2.75, 3.05) is 19.7 Å². The van der Waals surface area contributed by atoms with Crippen LogP contribution in [0.5, 0.6) is 5.75 Å². The van der Waals surface area contributed by atoms with Crippen molar-refractivity contribution in [3.8, 4) is 5.75 Å². The molecule has 0 saturated heterocycles. The molecule has 0 radical (unpaired) electrons. The molecule has 7 heteroatoms. The number of hydrogen-bond donors (Lipinski definition) is 2. The molecule has 4 nitrogen and oxygen atoms in total. The molecule has 25 heavy (non-hydrogen) atoms. The predicted molar refractivity (Wildman–Crippen MR) is 106 cm³/mol. The zero-order valence-electron chi connectivity index (χ0n) is 13.5. The first-order valence-corrected chi connectivity index (χ1v) is 9.43. The van der Waals surface area contributed by atoms with Crippen LogP contribution in [0.3, 0.4) is 0 Å². The summed E-state index contributed by atoms with van der Waals surface area (Å²) >= 11 is 15.2. The van der Waals surface area contributed by atoms with E-state index in [0.29, 0.717) is 41.9 Å². The average molecular weight is 446 g/mol. The monoisotopic (exact) mass is 444 g/mol. The lowest BCUT2D eigenvalue weighted by Crippen LogP contribution is -2.37. The third kappa shape index (κ3) is 7.55. The number of carbonyl (C=O) groups excluding carboxylic acids is 1. The second-order valence-corrected chi connectivity index (χ2v) is 7.10. The third-order valence-electron chi connectivity index (χ3n) is 3.37. The second kappa shape index (κ2) is 10.5. The maximum atomic E-state index is 11.7. The Morgan fingerprint density at radius 3 is 2.48 bits per heavy atom. The van der Waals surface area contributed by atoms with Crippen LogP contribution in [-0.2, 0) is 6.42 Å². The van der Waals surface area contributed by atoms with Gasteiger partial charge in [-0.05, 0) is 48.7 Å². The number of urea groups is 1. The van der Waals surface area contributed by atoms with Gasteiger partial charge in [0, 0.05) is 22.6 Å². The summed E-state index contributed by atoms with van der Waals surface area (Å²) in [4.78, 5) is 11.7. The molecule has 0 saturated carbocycles. The van der Waals surface area contributed by atoms with Gasteiger partial charge >= 0.3 is 6.03 Å². The van der Waals surface area contributed by atoms with E-state index >= 15 is 0 Å². The van der Waals surface area contributed by atoms with Crippen molar-refractivity contribution in [2.45, 2.75) is 12.8 Å². The quantitative estimate of drug-likeness (QED) is 0.557. The topological polar surface area (TPSA) is 50.4 Å². The van der Waals surface area contributed by atoms with Gasteiger partial charge in [-0.3, -0.25) is 0 Å². The van der Waals surface area contributed by atoms with Crippen molar-refractivity contribution in [3.63, 3.8) is 0 Å². The summed E-state index contributed by atoms with van der Waals surface area (Å²) < 4.78 is 6.49. The highest BCUT2D eigenvalue weighted by molar-refractivity contribution is 9.10. The van der Waals surface area contributed by atoms with Crippen LogP contribution in [0.15, 0.2) is 46.9 Å². The van der Waals surface area contributed by atoms with Crippen LogP contribution in [0.25, 0.3) is 0 Å². The lowest BCUT2D eigenvalue weighted by atomic mass is 10.1. The number of benzene rings is 2. The molecule has 0 bridgehead atoms. The number of ether oxygens (including phenoxy) is 1. The summed E-state index contributed by atoms with van der Waals surface area (Å²) in [7, 11) is 0. The fourth-order valence-corrected chi connectivity index (χ4v) is 2.94. The minimum Gasteiger partial charge on any atom is -0.492 e. The van der Waals surface area contributed by atoms with Crippen LogP contribution in [0.2, 0.25) is 10.0 Å². The largest absolute Gasteiger partial charge is 0.492 e. The van der Waals surface area contributed by atoms with Gasteiger partial charge in [-0.2, -0.15) is 0 Å². The molecular weight excluding hydrogens is 427 g/mol. The molecule has 0 aromatic heterocycles. The standard InChI is InChI=1S/C18H19BrCl2N2O2/c19-14-4-7-17(16(21)12-14)25-11-1-9-22-18(24)23-10-8-13-2-5-15(20)6-3-13/h2-7,12H,1,8-11H2,(H2,22,23,24). The van der Waals surface area contributed by atoms with E-state index in [9.17, 15) is 4.79 Å². The third-order valence-corrected chi connectivity index (χ3v) is 4.41. The van der Waals surface area contributed by atoms with Crippen molar-refractivity contribution in [3.05, 3.63) is 62.5 Å². The van der Waals surface area contributed by atoms with Gasteiger partial charge < -0.3 is 15.4 Å². The molecule has 2 rings (SSSR count). The molecule has 0 heterocycles. The van der Waals surface area contributed by atoms with Crippen LogP contribution in [0.1, 0.15) is 12.0 Å². The summed E-state index contributed by atoms with van der Waals surface area (Å²) in [6.07, 6.45) is 1.45. The molecule has 0 aliphatic rings. The zero-order valence-corrected chi connectivity index (χ0v) is 16.6. The lowest BCUT2D eigenvalue weighted by Gasteiger charge is -2.10. The zero-order chi connectivity index (χ0) is 18.1. The fourth-order valence-electron chi connectivity index (χ4n) is 2.08. The number of nitrogens with one attached hydrogen (secondary N) is 2. The summed E-state index contributed by atoms with van der Waals surface area (Å²) in [5, 5.41) is 6.88. The molecule has 0 aliphatic carbocycles. The van der Waals surface area contributed by atoms with E-state index in [1.54, 1.807) is 6.07 Å². The molecule has 0 aliphatic heterocycles. The lowest BCUT2D eigenvalue weighted by molar-refractivity contribution is 0.239. The van der Waals surface area contributed by atoms with E-state index in [4.69, 9.17) is 27.9 Å². The van der Waals surface area contributed by atoms with Gasteiger partial charge in [0.2, 0.25) is 0 Å². The Morgan fingerprint density at radius 1 is 1.04 bits per heavy atom. The smallest absolute Gasteiger partial charge is 0.314 e. The van der Waals surface area contributed by atoms with E-state index in [2.05, 4.69) is 26.6 Å². The highest BCUT2D eigenvalue weighted by Crippen LogP contribution is 2.27. The normalized spacial score (nSPS) is 10.4. The summed E-state index contributed by atoms with van der Waals surface area (Å²) in [6, 6.07) is 12.9. The van der Waals surface area contributed by atoms with Crippen molar-refractivity contribution in [1.29, 1.82) is 0 Å². The minimum absolute atomic E-state index is 0.185. The van der Waals surface area contributed by atoms with Crippen molar-refractivity contribution >= 4 is 45.2 Å². The number of hydrogen-bond acceptors (Lipinski definition) is 2. The van der Waals surface area contributed by atoms with E-state index in [0.717, 1.165) is 16.5 Å². The number of halogens is 3. The van der Waals surface area contributed by atoms with Crippen molar-refractivity contribution < 1.29 is 9.53 Å². The molecule has 0 unspecified atom stereocenters. The van der Waals surface area contributed by atoms with Crippen LogP contribution in [0, 0.1) is 0 Å². The van der Waals surface area contributed by atoms with Crippen molar-refractivity contribution in [2.24, 2.45) is 0 Å². The Morgan fingerprint density at radius 2 is 1.76 bits per heavy atom. The number of amides is 2. The van der Waals surface area contributed by atoms with E-state index < -0.39 is 0 Å². The van der Waals surface area contributed by atoms with E-state index in [-0.39, 0.29) is 6.03 Å². The first-order chi connectivity index (χ1) is 12.0. The Balaban J connectivity index is 1.55. The maximum Gasteiger partial charge on any atom is 0.314 e. The van der Waals surface area contributed by atoms with Gasteiger partial charge in [0.15, 0.2) is 0 Å². The second-order valence-electron chi connectivity index (χ2n) is 5.34. The molecule has 2 N–H and O–H groups in total. The van der Waals surface area contributed by atoms with E-state index in [1.165, 1.54) is 0 Å². The van der Waals surface area contributed by atoms with Gasteiger partial charge in [-0.1, -0.05) is 51.3 Å². The first-order valence-electron chi connectivity index (χ1n) is 7.88. The SMILES string of the molecule is O=C(NCCCOc1ccc(Br)cc1Cl)NCCc1ccc(Cl)cc1. The van der Waals surface area contributed by atoms with Crippen LogP contribution >= 0.6 is 39.1 Å². The summed E-state index contributed by atoms with van der Waals surface area (Å²) in [5.41, 5.74) is 1.13.